The fraction of sp³-hybridized carbons (Fsp3) is 0.150. The lowest BCUT2D eigenvalue weighted by Crippen LogP contribution is -2.29. The van der Waals surface area contributed by atoms with Crippen LogP contribution in [0.3, 0.4) is 0 Å². The quantitative estimate of drug-likeness (QED) is 0.577. The van der Waals surface area contributed by atoms with Crippen molar-refractivity contribution in [3.8, 4) is 0 Å². The highest BCUT2D eigenvalue weighted by molar-refractivity contribution is 9.10. The number of oxazole rings is 1. The third-order valence-electron chi connectivity index (χ3n) is 4.56. The zero-order valence-electron chi connectivity index (χ0n) is 15.1. The lowest BCUT2D eigenvalue weighted by Gasteiger charge is -2.18. The Morgan fingerprint density at radius 3 is 2.69 bits per heavy atom. The number of Topliss-reactive ketones (excluding diaryl/α,β-unsaturated/α-hetero) is 1. The highest BCUT2D eigenvalue weighted by atomic mass is 79.9. The van der Waals surface area contributed by atoms with Crippen molar-refractivity contribution in [2.45, 2.75) is 23.7 Å². The third-order valence-corrected chi connectivity index (χ3v) is 6.37. The van der Waals surface area contributed by atoms with Gasteiger partial charge in [-0.25, -0.2) is 4.98 Å². The molecule has 2 aromatic carbocycles. The normalized spacial score (nSPS) is 15.7. The number of aromatic nitrogens is 1. The van der Waals surface area contributed by atoms with E-state index in [-0.39, 0.29) is 23.1 Å². The molecule has 4 rings (SSSR count). The van der Waals surface area contributed by atoms with Crippen molar-refractivity contribution >= 4 is 43.3 Å². The maximum Gasteiger partial charge on any atom is 0.286 e. The van der Waals surface area contributed by atoms with Crippen molar-refractivity contribution < 1.29 is 17.6 Å². The molecule has 1 atom stereocenters. The van der Waals surface area contributed by atoms with Gasteiger partial charge in [0.1, 0.15) is 11.2 Å². The molecule has 1 aliphatic rings. The van der Waals surface area contributed by atoms with Crippen molar-refractivity contribution in [1.29, 1.82) is 0 Å². The minimum Gasteiger partial charge on any atom is -0.448 e. The standard InChI is InChI=1S/C20H16BrN3O4S/c21-14-6-8-16-18(12-14)29(26,27)24-19(23-16)17(25)9-7-15(20-22-10-11-28-20)13-4-2-1-3-5-13/h1-6,8,10-12,15H,7,9H2,(H,23,24). The number of rotatable bonds is 6. The Labute approximate surface area is 176 Å². The van der Waals surface area contributed by atoms with E-state index >= 15 is 0 Å². The molecule has 29 heavy (non-hydrogen) atoms. The number of sulfonamides is 1. The fourth-order valence-corrected chi connectivity index (χ4v) is 4.84. The highest BCUT2D eigenvalue weighted by Crippen LogP contribution is 2.31. The number of hydrogen-bond acceptors (Lipinski definition) is 6. The summed E-state index contributed by atoms with van der Waals surface area (Å²) in [5.41, 5.74) is 1.29. The Morgan fingerprint density at radius 1 is 1.17 bits per heavy atom. The molecule has 0 bridgehead atoms. The molecule has 0 saturated heterocycles. The van der Waals surface area contributed by atoms with Crippen LogP contribution in [0.15, 0.2) is 79.2 Å². The van der Waals surface area contributed by atoms with Gasteiger partial charge in [0.05, 0.1) is 17.8 Å². The fourth-order valence-electron chi connectivity index (χ4n) is 3.17. The molecule has 3 aromatic rings. The molecule has 0 radical (unpaired) electrons. The van der Waals surface area contributed by atoms with Crippen LogP contribution in [0.25, 0.3) is 0 Å². The SMILES string of the molecule is O=C(CCC(c1ccccc1)c1ncco1)C1=NS(=O)(=O)c2cc(Br)ccc2N1. The van der Waals surface area contributed by atoms with E-state index in [4.69, 9.17) is 4.42 Å². The largest absolute Gasteiger partial charge is 0.448 e. The first-order valence-corrected chi connectivity index (χ1v) is 11.1. The Bertz CT molecular complexity index is 1180. The molecule has 1 aliphatic heterocycles. The molecule has 0 saturated carbocycles. The lowest BCUT2D eigenvalue weighted by atomic mass is 9.93. The topological polar surface area (TPSA) is 102 Å². The minimum atomic E-state index is -3.95. The van der Waals surface area contributed by atoms with Gasteiger partial charge in [-0.05, 0) is 30.2 Å². The molecule has 0 spiro atoms. The summed E-state index contributed by atoms with van der Waals surface area (Å²) in [5, 5.41) is 2.84. The number of halogens is 1. The summed E-state index contributed by atoms with van der Waals surface area (Å²) in [6, 6.07) is 14.3. The van der Waals surface area contributed by atoms with Gasteiger partial charge in [-0.1, -0.05) is 46.3 Å². The average Bonchev–Trinajstić information content (AvgIpc) is 3.23. The van der Waals surface area contributed by atoms with Crippen molar-refractivity contribution in [2.75, 3.05) is 5.32 Å². The van der Waals surface area contributed by atoms with Crippen LogP contribution in [0, 0.1) is 0 Å². The van der Waals surface area contributed by atoms with Crippen LogP contribution >= 0.6 is 15.9 Å². The first-order valence-electron chi connectivity index (χ1n) is 8.83. The van der Waals surface area contributed by atoms with E-state index in [0.29, 0.717) is 22.5 Å². The number of benzene rings is 2. The van der Waals surface area contributed by atoms with Crippen molar-refractivity contribution in [2.24, 2.45) is 4.40 Å². The van der Waals surface area contributed by atoms with Crippen molar-refractivity contribution in [3.63, 3.8) is 0 Å². The predicted molar refractivity (Wildman–Crippen MR) is 111 cm³/mol. The molecule has 148 valence electrons. The first-order chi connectivity index (χ1) is 13.9. The summed E-state index contributed by atoms with van der Waals surface area (Å²) in [6.07, 6.45) is 3.52. The van der Waals surface area contributed by atoms with Crippen LogP contribution in [0.2, 0.25) is 0 Å². The maximum atomic E-state index is 12.7. The van der Waals surface area contributed by atoms with Crippen LogP contribution in [0.5, 0.6) is 0 Å². The average molecular weight is 474 g/mol. The molecule has 1 unspecified atom stereocenters. The highest BCUT2D eigenvalue weighted by Gasteiger charge is 2.29. The number of ketones is 1. The zero-order valence-corrected chi connectivity index (χ0v) is 17.5. The number of nitrogens with zero attached hydrogens (tertiary/aromatic N) is 2. The monoisotopic (exact) mass is 473 g/mol. The van der Waals surface area contributed by atoms with E-state index in [1.807, 2.05) is 30.3 Å². The third kappa shape index (κ3) is 4.15. The van der Waals surface area contributed by atoms with Gasteiger partial charge in [0.2, 0.25) is 5.89 Å². The molecule has 9 heteroatoms. The minimum absolute atomic E-state index is 0.0328. The molecule has 0 fully saturated rings. The second kappa shape index (κ2) is 7.92. The zero-order chi connectivity index (χ0) is 20.4. The first kappa shape index (κ1) is 19.5. The number of amidine groups is 1. The van der Waals surface area contributed by atoms with E-state index in [0.717, 1.165) is 5.56 Å². The van der Waals surface area contributed by atoms with Gasteiger partial charge in [-0.2, -0.15) is 8.42 Å². The Hall–Kier alpha value is -2.78. The summed E-state index contributed by atoms with van der Waals surface area (Å²) >= 11 is 3.25. The van der Waals surface area contributed by atoms with Gasteiger partial charge in [0, 0.05) is 10.9 Å². The number of carbonyl (C=O) groups is 1. The van der Waals surface area contributed by atoms with Crippen LogP contribution in [-0.4, -0.2) is 25.0 Å². The molecular weight excluding hydrogens is 458 g/mol. The molecule has 1 N–H and O–H groups in total. The van der Waals surface area contributed by atoms with E-state index in [2.05, 4.69) is 30.6 Å². The number of anilines is 1. The van der Waals surface area contributed by atoms with Crippen LogP contribution < -0.4 is 5.32 Å². The van der Waals surface area contributed by atoms with Gasteiger partial charge < -0.3 is 9.73 Å². The summed E-state index contributed by atoms with van der Waals surface area (Å²) < 4.78 is 34.7. The summed E-state index contributed by atoms with van der Waals surface area (Å²) in [6.45, 7) is 0. The second-order valence-corrected chi connectivity index (χ2v) is 8.96. The molecule has 2 heterocycles. The molecule has 7 nitrogen and oxygen atoms in total. The Balaban J connectivity index is 1.55. The second-order valence-electron chi connectivity index (χ2n) is 6.48. The molecule has 0 amide bonds. The van der Waals surface area contributed by atoms with Crippen LogP contribution in [0.1, 0.15) is 30.2 Å². The maximum absolute atomic E-state index is 12.7. The smallest absolute Gasteiger partial charge is 0.286 e. The van der Waals surface area contributed by atoms with Gasteiger partial charge in [-0.15, -0.1) is 4.40 Å². The van der Waals surface area contributed by atoms with Gasteiger partial charge in [-0.3, -0.25) is 4.79 Å². The van der Waals surface area contributed by atoms with E-state index in [9.17, 15) is 13.2 Å². The van der Waals surface area contributed by atoms with E-state index < -0.39 is 15.8 Å². The Kier molecular flexibility index (Phi) is 5.33. The summed E-state index contributed by atoms with van der Waals surface area (Å²) in [5.74, 6) is -0.293. The van der Waals surface area contributed by atoms with Crippen molar-refractivity contribution in [1.82, 2.24) is 4.98 Å². The summed E-state index contributed by atoms with van der Waals surface area (Å²) in [4.78, 5) is 17.0. The summed E-state index contributed by atoms with van der Waals surface area (Å²) in [7, 11) is -3.95. The molecule has 1 aromatic heterocycles. The van der Waals surface area contributed by atoms with E-state index in [1.165, 1.54) is 12.3 Å². The number of hydrogen-bond donors (Lipinski definition) is 1. The van der Waals surface area contributed by atoms with Crippen LogP contribution in [-0.2, 0) is 14.8 Å². The van der Waals surface area contributed by atoms with Crippen molar-refractivity contribution in [3.05, 3.63) is 76.9 Å². The number of carbonyl (C=O) groups excluding carboxylic acids is 1. The van der Waals surface area contributed by atoms with Crippen LogP contribution in [0.4, 0.5) is 5.69 Å². The number of nitrogens with one attached hydrogen (secondary N) is 1. The predicted octanol–water partition coefficient (Wildman–Crippen LogP) is 4.13. The van der Waals surface area contributed by atoms with Gasteiger partial charge in [0.25, 0.3) is 10.0 Å². The Morgan fingerprint density at radius 2 is 1.97 bits per heavy atom. The molecule has 0 aliphatic carbocycles. The molecular formula is C20H16BrN3O4S. The van der Waals surface area contributed by atoms with Gasteiger partial charge >= 0.3 is 0 Å². The van der Waals surface area contributed by atoms with E-state index in [1.54, 1.807) is 18.3 Å². The van der Waals surface area contributed by atoms with Gasteiger partial charge in [0.15, 0.2) is 11.6 Å². The lowest BCUT2D eigenvalue weighted by molar-refractivity contribution is -0.113. The number of fused-ring (bicyclic) bond motifs is 1.